The molecule has 0 radical (unpaired) electrons. The highest BCUT2D eigenvalue weighted by molar-refractivity contribution is 5.88. The molecule has 0 spiro atoms. The molecule has 1 aromatic rings. The highest BCUT2D eigenvalue weighted by Crippen LogP contribution is 2.34. The lowest BCUT2D eigenvalue weighted by Gasteiger charge is -2.32. The number of hydrogen-bond acceptors (Lipinski definition) is 2. The first kappa shape index (κ1) is 10.2. The molecular weight excluding hydrogens is 192 g/mol. The monoisotopic (exact) mass is 208 g/mol. The number of aromatic nitrogens is 2. The van der Waals surface area contributed by atoms with Crippen LogP contribution in [-0.2, 0) is 6.54 Å². The minimum atomic E-state index is -0.888. The Morgan fingerprint density at radius 2 is 2.33 bits per heavy atom. The molecule has 15 heavy (non-hydrogen) atoms. The van der Waals surface area contributed by atoms with Crippen molar-refractivity contribution in [2.75, 3.05) is 0 Å². The second-order valence-electron chi connectivity index (χ2n) is 4.57. The van der Waals surface area contributed by atoms with Crippen LogP contribution in [0.3, 0.4) is 0 Å². The Morgan fingerprint density at radius 1 is 1.67 bits per heavy atom. The molecule has 4 nitrogen and oxygen atoms in total. The van der Waals surface area contributed by atoms with Crippen LogP contribution in [0.2, 0.25) is 0 Å². The number of hydrogen-bond donors (Lipinski definition) is 1. The van der Waals surface area contributed by atoms with Crippen LogP contribution in [0.4, 0.5) is 0 Å². The van der Waals surface area contributed by atoms with E-state index >= 15 is 0 Å². The van der Waals surface area contributed by atoms with Crippen LogP contribution in [0.25, 0.3) is 0 Å². The van der Waals surface area contributed by atoms with Crippen LogP contribution in [0.1, 0.15) is 35.8 Å². The molecule has 0 aromatic carbocycles. The predicted molar refractivity (Wildman–Crippen MR) is 55.8 cm³/mol. The normalized spacial score (nSPS) is 24.9. The number of rotatable bonds is 3. The minimum absolute atomic E-state index is 0.322. The Hall–Kier alpha value is -1.32. The third-order valence-corrected chi connectivity index (χ3v) is 3.24. The van der Waals surface area contributed by atoms with E-state index in [1.807, 2.05) is 11.6 Å². The van der Waals surface area contributed by atoms with E-state index in [-0.39, 0.29) is 0 Å². The quantitative estimate of drug-likeness (QED) is 0.825. The molecule has 0 bridgehead atoms. The van der Waals surface area contributed by atoms with Gasteiger partial charge in [-0.05, 0) is 31.6 Å². The molecule has 4 heteroatoms. The zero-order valence-corrected chi connectivity index (χ0v) is 9.10. The highest BCUT2D eigenvalue weighted by atomic mass is 16.4. The maximum absolute atomic E-state index is 10.8. The summed E-state index contributed by atoms with van der Waals surface area (Å²) in [5.41, 5.74) is 1.09. The first-order valence-corrected chi connectivity index (χ1v) is 5.33. The van der Waals surface area contributed by atoms with Gasteiger partial charge in [0.05, 0.1) is 6.20 Å². The summed E-state index contributed by atoms with van der Waals surface area (Å²) in [6, 6.07) is 0. The summed E-state index contributed by atoms with van der Waals surface area (Å²) < 4.78 is 1.82. The van der Waals surface area contributed by atoms with Gasteiger partial charge in [0.1, 0.15) is 5.56 Å². The molecule has 1 aliphatic carbocycles. The molecule has 1 aliphatic rings. The Bertz CT molecular complexity index is 378. The van der Waals surface area contributed by atoms with E-state index in [1.54, 1.807) is 0 Å². The van der Waals surface area contributed by atoms with E-state index in [2.05, 4.69) is 12.0 Å². The van der Waals surface area contributed by atoms with Gasteiger partial charge < -0.3 is 5.11 Å². The third-order valence-electron chi connectivity index (χ3n) is 3.24. The minimum Gasteiger partial charge on any atom is -0.478 e. The number of carboxylic acids is 1. The van der Waals surface area contributed by atoms with Gasteiger partial charge in [-0.2, -0.15) is 5.10 Å². The van der Waals surface area contributed by atoms with E-state index in [4.69, 9.17) is 5.11 Å². The van der Waals surface area contributed by atoms with Gasteiger partial charge in [-0.3, -0.25) is 4.68 Å². The Kier molecular flexibility index (Phi) is 2.50. The molecule has 1 fully saturated rings. The van der Waals surface area contributed by atoms with E-state index in [1.165, 1.54) is 19.0 Å². The summed E-state index contributed by atoms with van der Waals surface area (Å²) in [6.07, 6.45) is 3.92. The molecule has 0 amide bonds. The van der Waals surface area contributed by atoms with Gasteiger partial charge in [-0.15, -0.1) is 0 Å². The molecule has 1 aromatic heterocycles. The van der Waals surface area contributed by atoms with Crippen LogP contribution in [0.15, 0.2) is 6.20 Å². The van der Waals surface area contributed by atoms with Crippen LogP contribution in [0.5, 0.6) is 0 Å². The largest absolute Gasteiger partial charge is 0.478 e. The van der Waals surface area contributed by atoms with Crippen molar-refractivity contribution in [3.05, 3.63) is 17.5 Å². The fourth-order valence-corrected chi connectivity index (χ4v) is 2.30. The average molecular weight is 208 g/mol. The Morgan fingerprint density at radius 3 is 2.80 bits per heavy atom. The van der Waals surface area contributed by atoms with Gasteiger partial charge in [0.15, 0.2) is 0 Å². The van der Waals surface area contributed by atoms with Crippen molar-refractivity contribution in [3.63, 3.8) is 0 Å². The summed E-state index contributed by atoms with van der Waals surface area (Å²) in [5, 5.41) is 13.0. The summed E-state index contributed by atoms with van der Waals surface area (Å²) in [4.78, 5) is 10.8. The average Bonchev–Trinajstić information content (AvgIpc) is 2.45. The van der Waals surface area contributed by atoms with Crippen LogP contribution >= 0.6 is 0 Å². The molecule has 1 heterocycles. The fourth-order valence-electron chi connectivity index (χ4n) is 2.30. The van der Waals surface area contributed by atoms with Crippen LogP contribution in [-0.4, -0.2) is 20.9 Å². The predicted octanol–water partition coefficient (Wildman–Crippen LogP) is 1.94. The van der Waals surface area contributed by atoms with Gasteiger partial charge in [-0.1, -0.05) is 6.92 Å². The Labute approximate surface area is 88.9 Å². The van der Waals surface area contributed by atoms with Crippen molar-refractivity contribution in [2.45, 2.75) is 33.2 Å². The molecule has 0 saturated heterocycles. The van der Waals surface area contributed by atoms with Crippen molar-refractivity contribution in [1.82, 2.24) is 9.78 Å². The molecule has 1 saturated carbocycles. The lowest BCUT2D eigenvalue weighted by atomic mass is 9.76. The number of aromatic carboxylic acids is 1. The first-order valence-electron chi connectivity index (χ1n) is 5.33. The maximum Gasteiger partial charge on any atom is 0.339 e. The van der Waals surface area contributed by atoms with E-state index in [0.717, 1.165) is 18.2 Å². The van der Waals surface area contributed by atoms with Gasteiger partial charge in [0, 0.05) is 12.2 Å². The molecule has 82 valence electrons. The molecular formula is C11H16N2O2. The second kappa shape index (κ2) is 3.68. The van der Waals surface area contributed by atoms with E-state index < -0.39 is 5.97 Å². The van der Waals surface area contributed by atoms with Gasteiger partial charge in [-0.25, -0.2) is 4.79 Å². The summed E-state index contributed by atoms with van der Waals surface area (Å²) in [6.45, 7) is 4.93. The number of carbonyl (C=O) groups is 1. The second-order valence-corrected chi connectivity index (χ2v) is 4.57. The van der Waals surface area contributed by atoms with Gasteiger partial charge >= 0.3 is 5.97 Å². The van der Waals surface area contributed by atoms with Crippen LogP contribution in [0, 0.1) is 18.8 Å². The lowest BCUT2D eigenvalue weighted by Crippen LogP contribution is -2.26. The van der Waals surface area contributed by atoms with E-state index in [0.29, 0.717) is 11.5 Å². The van der Waals surface area contributed by atoms with E-state index in [9.17, 15) is 4.79 Å². The topological polar surface area (TPSA) is 55.1 Å². The third kappa shape index (κ3) is 1.89. The number of carboxylic acid groups (broad SMARTS) is 1. The SMILES string of the molecule is Cc1c(C(=O)O)cnn1CC1CC(C)C1. The maximum atomic E-state index is 10.8. The Balaban J connectivity index is 2.06. The van der Waals surface area contributed by atoms with Crippen molar-refractivity contribution in [3.8, 4) is 0 Å². The zero-order chi connectivity index (χ0) is 11.0. The molecule has 0 atom stereocenters. The van der Waals surface area contributed by atoms with Crippen molar-refractivity contribution < 1.29 is 9.90 Å². The first-order chi connectivity index (χ1) is 7.08. The molecule has 0 unspecified atom stereocenters. The van der Waals surface area contributed by atoms with Crippen molar-refractivity contribution >= 4 is 5.97 Å². The van der Waals surface area contributed by atoms with Crippen molar-refractivity contribution in [1.29, 1.82) is 0 Å². The standard InChI is InChI=1S/C11H16N2O2/c1-7-3-9(4-7)6-13-8(2)10(5-12-13)11(14)15/h5,7,9H,3-4,6H2,1-2H3,(H,14,15). The molecule has 0 aliphatic heterocycles. The highest BCUT2D eigenvalue weighted by Gasteiger charge is 2.26. The number of nitrogens with zero attached hydrogens (tertiary/aromatic N) is 2. The summed E-state index contributed by atoms with van der Waals surface area (Å²) in [5.74, 6) is 0.616. The summed E-state index contributed by atoms with van der Waals surface area (Å²) >= 11 is 0. The fraction of sp³-hybridized carbons (Fsp3) is 0.636. The molecule has 2 rings (SSSR count). The van der Waals surface area contributed by atoms with Gasteiger partial charge in [0.2, 0.25) is 0 Å². The van der Waals surface area contributed by atoms with Crippen LogP contribution < -0.4 is 0 Å². The van der Waals surface area contributed by atoms with Gasteiger partial charge in [0.25, 0.3) is 0 Å². The summed E-state index contributed by atoms with van der Waals surface area (Å²) in [7, 11) is 0. The smallest absolute Gasteiger partial charge is 0.339 e. The van der Waals surface area contributed by atoms with Crippen molar-refractivity contribution in [2.24, 2.45) is 11.8 Å². The molecule has 1 N–H and O–H groups in total. The lowest BCUT2D eigenvalue weighted by molar-refractivity contribution is 0.0695. The zero-order valence-electron chi connectivity index (χ0n) is 9.10.